The van der Waals surface area contributed by atoms with E-state index in [2.05, 4.69) is 6.92 Å². The van der Waals surface area contributed by atoms with Crippen LogP contribution in [0.4, 0.5) is 0 Å². The van der Waals surface area contributed by atoms with Crippen LogP contribution in [0.2, 0.25) is 0 Å². The maximum absolute atomic E-state index is 11.6. The number of ether oxygens (including phenoxy) is 1. The lowest BCUT2D eigenvalue weighted by Gasteiger charge is -2.16. The summed E-state index contributed by atoms with van der Waals surface area (Å²) in [5.74, 6) is 0.408. The number of nitrogens with two attached hydrogens (primary N) is 1. The molecule has 164 valence electrons. The first kappa shape index (κ1) is 23.3. The zero-order chi connectivity index (χ0) is 22.4. The first-order valence-electron chi connectivity index (χ1n) is 9.92. The number of primary sulfonamides is 1. The van der Waals surface area contributed by atoms with Crippen LogP contribution in [-0.2, 0) is 16.6 Å². The average Bonchev–Trinajstić information content (AvgIpc) is 2.78. The lowest BCUT2D eigenvalue weighted by molar-refractivity contribution is 0.255. The number of benzene rings is 2. The van der Waals surface area contributed by atoms with E-state index in [4.69, 9.17) is 14.9 Å². The molecule has 3 aromatic rings. The van der Waals surface area contributed by atoms with Crippen LogP contribution < -0.4 is 9.88 Å². The number of aliphatic hydroxyl groups excluding tert-OH is 1. The van der Waals surface area contributed by atoms with E-state index >= 15 is 0 Å². The van der Waals surface area contributed by atoms with E-state index in [1.807, 2.05) is 36.6 Å². The number of aromatic nitrogens is 1. The third-order valence-corrected chi connectivity index (χ3v) is 6.46. The molecule has 2 aromatic carbocycles. The van der Waals surface area contributed by atoms with E-state index in [0.29, 0.717) is 23.7 Å². The average molecular weight is 459 g/mol. The first-order valence-corrected chi connectivity index (χ1v) is 12.7. The Bertz CT molecular complexity index is 1150. The van der Waals surface area contributed by atoms with Gasteiger partial charge in [0.25, 0.3) is 0 Å². The number of rotatable bonds is 9. The number of pyridine rings is 1. The Kier molecular flexibility index (Phi) is 7.72. The van der Waals surface area contributed by atoms with Crippen molar-refractivity contribution < 1.29 is 18.3 Å². The standard InChI is InChI=1S/C23H26N2O4S2/c1-3-4-12-29-23-18(15-26)14-21(16-8-10-20(11-9-16)31(24,27)28)22(25-23)17-6-5-7-19(13-17)30-2/h5-11,13-14,26H,3-4,12,15H2,1-2H3,(H2,24,27,28). The zero-order valence-electron chi connectivity index (χ0n) is 17.5. The van der Waals surface area contributed by atoms with Crippen LogP contribution in [0, 0.1) is 0 Å². The van der Waals surface area contributed by atoms with Crippen LogP contribution in [0.15, 0.2) is 64.4 Å². The van der Waals surface area contributed by atoms with Gasteiger partial charge < -0.3 is 9.84 Å². The summed E-state index contributed by atoms with van der Waals surface area (Å²) < 4.78 is 29.1. The van der Waals surface area contributed by atoms with Gasteiger partial charge in [-0.2, -0.15) is 0 Å². The van der Waals surface area contributed by atoms with Crippen LogP contribution in [-0.4, -0.2) is 31.4 Å². The van der Waals surface area contributed by atoms with Gasteiger partial charge in [-0.15, -0.1) is 11.8 Å². The van der Waals surface area contributed by atoms with Gasteiger partial charge in [-0.1, -0.05) is 37.6 Å². The lowest BCUT2D eigenvalue weighted by Crippen LogP contribution is -2.11. The van der Waals surface area contributed by atoms with Gasteiger partial charge in [0.1, 0.15) is 0 Å². The molecule has 3 rings (SSSR count). The Morgan fingerprint density at radius 2 is 1.84 bits per heavy atom. The largest absolute Gasteiger partial charge is 0.477 e. The highest BCUT2D eigenvalue weighted by molar-refractivity contribution is 7.98. The Labute approximate surface area is 187 Å². The Morgan fingerprint density at radius 1 is 1.10 bits per heavy atom. The summed E-state index contributed by atoms with van der Waals surface area (Å²) in [5.41, 5.74) is 3.71. The molecule has 1 heterocycles. The van der Waals surface area contributed by atoms with Gasteiger partial charge in [-0.05, 0) is 48.6 Å². The van der Waals surface area contributed by atoms with Crippen LogP contribution in [0.25, 0.3) is 22.4 Å². The molecule has 0 saturated carbocycles. The molecule has 6 nitrogen and oxygen atoms in total. The quantitative estimate of drug-likeness (QED) is 0.363. The molecule has 31 heavy (non-hydrogen) atoms. The number of hydrogen-bond donors (Lipinski definition) is 2. The molecule has 0 unspecified atom stereocenters. The maximum atomic E-state index is 11.6. The Balaban J connectivity index is 2.17. The van der Waals surface area contributed by atoms with Crippen molar-refractivity contribution in [3.8, 4) is 28.3 Å². The second-order valence-electron chi connectivity index (χ2n) is 7.01. The summed E-state index contributed by atoms with van der Waals surface area (Å²) in [7, 11) is -3.78. The zero-order valence-corrected chi connectivity index (χ0v) is 19.2. The highest BCUT2D eigenvalue weighted by Gasteiger charge is 2.17. The molecule has 0 aliphatic rings. The normalized spacial score (nSPS) is 11.5. The fourth-order valence-corrected chi connectivity index (χ4v) is 4.10. The van der Waals surface area contributed by atoms with E-state index in [9.17, 15) is 13.5 Å². The van der Waals surface area contributed by atoms with Gasteiger partial charge in [0.15, 0.2) is 0 Å². The van der Waals surface area contributed by atoms with E-state index in [1.165, 1.54) is 12.1 Å². The Hall–Kier alpha value is -2.39. The fourth-order valence-electron chi connectivity index (χ4n) is 3.12. The van der Waals surface area contributed by atoms with Gasteiger partial charge in [-0.3, -0.25) is 0 Å². The maximum Gasteiger partial charge on any atom is 0.238 e. The minimum atomic E-state index is -3.78. The van der Waals surface area contributed by atoms with E-state index < -0.39 is 10.0 Å². The van der Waals surface area contributed by atoms with Crippen molar-refractivity contribution in [3.63, 3.8) is 0 Å². The second kappa shape index (κ2) is 10.3. The van der Waals surface area contributed by atoms with Gasteiger partial charge in [-0.25, -0.2) is 18.5 Å². The number of thioether (sulfide) groups is 1. The summed E-state index contributed by atoms with van der Waals surface area (Å²) >= 11 is 1.63. The van der Waals surface area contributed by atoms with Crippen molar-refractivity contribution in [2.24, 2.45) is 5.14 Å². The van der Waals surface area contributed by atoms with Gasteiger partial charge in [0.2, 0.25) is 15.9 Å². The highest BCUT2D eigenvalue weighted by Crippen LogP contribution is 2.36. The molecule has 0 amide bonds. The molecular weight excluding hydrogens is 432 g/mol. The summed E-state index contributed by atoms with van der Waals surface area (Å²) in [4.78, 5) is 5.91. The first-order chi connectivity index (χ1) is 14.9. The van der Waals surface area contributed by atoms with Crippen molar-refractivity contribution in [2.45, 2.75) is 36.2 Å². The van der Waals surface area contributed by atoms with Crippen molar-refractivity contribution >= 4 is 21.8 Å². The third-order valence-electron chi connectivity index (χ3n) is 4.81. The number of sulfonamides is 1. The van der Waals surface area contributed by atoms with E-state index in [1.54, 1.807) is 23.9 Å². The fraction of sp³-hybridized carbons (Fsp3) is 0.261. The molecule has 0 saturated heterocycles. The Morgan fingerprint density at radius 3 is 2.45 bits per heavy atom. The van der Waals surface area contributed by atoms with Crippen molar-refractivity contribution in [1.82, 2.24) is 4.98 Å². The van der Waals surface area contributed by atoms with E-state index in [-0.39, 0.29) is 11.5 Å². The smallest absolute Gasteiger partial charge is 0.238 e. The topological polar surface area (TPSA) is 103 Å². The number of unbranched alkanes of at least 4 members (excludes halogenated alkanes) is 1. The van der Waals surface area contributed by atoms with Crippen molar-refractivity contribution in [1.29, 1.82) is 0 Å². The third kappa shape index (κ3) is 5.65. The van der Waals surface area contributed by atoms with Crippen LogP contribution in [0.5, 0.6) is 5.88 Å². The summed E-state index contributed by atoms with van der Waals surface area (Å²) in [6.07, 6.45) is 3.89. The minimum absolute atomic E-state index is 0.0389. The summed E-state index contributed by atoms with van der Waals surface area (Å²) in [6, 6.07) is 16.2. The minimum Gasteiger partial charge on any atom is -0.477 e. The van der Waals surface area contributed by atoms with Crippen LogP contribution in [0.3, 0.4) is 0 Å². The number of nitrogens with zero attached hydrogens (tertiary/aromatic N) is 1. The lowest BCUT2D eigenvalue weighted by atomic mass is 9.97. The molecular formula is C23H26N2O4S2. The summed E-state index contributed by atoms with van der Waals surface area (Å²) in [5, 5.41) is 15.2. The predicted octanol–water partition coefficient (Wildman–Crippen LogP) is 4.46. The molecule has 3 N–H and O–H groups in total. The van der Waals surface area contributed by atoms with Gasteiger partial charge in [0, 0.05) is 21.6 Å². The highest BCUT2D eigenvalue weighted by atomic mass is 32.2. The number of hydrogen-bond acceptors (Lipinski definition) is 6. The molecule has 0 atom stereocenters. The predicted molar refractivity (Wildman–Crippen MR) is 125 cm³/mol. The van der Waals surface area contributed by atoms with Crippen molar-refractivity contribution in [2.75, 3.05) is 12.9 Å². The second-order valence-corrected chi connectivity index (χ2v) is 9.45. The molecule has 0 bridgehead atoms. The van der Waals surface area contributed by atoms with Crippen molar-refractivity contribution in [3.05, 3.63) is 60.2 Å². The summed E-state index contributed by atoms with van der Waals surface area (Å²) in [6.45, 7) is 2.38. The molecule has 0 aliphatic heterocycles. The van der Waals surface area contributed by atoms with Crippen LogP contribution >= 0.6 is 11.8 Å². The number of aliphatic hydroxyl groups is 1. The molecule has 0 aliphatic carbocycles. The molecule has 0 radical (unpaired) electrons. The monoisotopic (exact) mass is 458 g/mol. The molecule has 0 fully saturated rings. The van der Waals surface area contributed by atoms with E-state index in [0.717, 1.165) is 34.4 Å². The van der Waals surface area contributed by atoms with Gasteiger partial charge in [0.05, 0.1) is 23.8 Å². The van der Waals surface area contributed by atoms with Gasteiger partial charge >= 0.3 is 0 Å². The molecule has 0 spiro atoms. The SMILES string of the molecule is CCCCOc1nc(-c2cccc(SC)c2)c(-c2ccc(S(N)(=O)=O)cc2)cc1CO. The van der Waals surface area contributed by atoms with Crippen LogP contribution in [0.1, 0.15) is 25.3 Å². The molecule has 8 heteroatoms. The molecule has 1 aromatic heterocycles.